The molecule has 0 aromatic carbocycles. The Balaban J connectivity index is 2.76. The number of rotatable bonds is 4. The van der Waals surface area contributed by atoms with Crippen LogP contribution in [0.5, 0.6) is 0 Å². The number of aromatic amines is 1. The molecule has 3 N–H and O–H groups in total. The molecule has 5 nitrogen and oxygen atoms in total. The predicted molar refractivity (Wildman–Crippen MR) is 63.1 cm³/mol. The van der Waals surface area contributed by atoms with Crippen LogP contribution in [0.25, 0.3) is 0 Å². The largest absolute Gasteiger partial charge is 0.382 e. The molecule has 1 heterocycles. The average molecular weight is 228 g/mol. The van der Waals surface area contributed by atoms with E-state index in [0.29, 0.717) is 17.8 Å². The third-order valence-electron chi connectivity index (χ3n) is 2.17. The SMILES string of the molecule is CSCCN(C)C(=O)c1c(N)n[nH]c1C. The van der Waals surface area contributed by atoms with E-state index in [2.05, 4.69) is 10.2 Å². The van der Waals surface area contributed by atoms with Gasteiger partial charge in [0.15, 0.2) is 5.82 Å². The number of amides is 1. The number of thioether (sulfide) groups is 1. The van der Waals surface area contributed by atoms with Gasteiger partial charge in [-0.1, -0.05) is 0 Å². The molecular weight excluding hydrogens is 212 g/mol. The van der Waals surface area contributed by atoms with Gasteiger partial charge < -0.3 is 10.6 Å². The minimum absolute atomic E-state index is 0.0761. The Morgan fingerprint density at radius 1 is 1.67 bits per heavy atom. The quantitative estimate of drug-likeness (QED) is 0.797. The average Bonchev–Trinajstić information content (AvgIpc) is 2.54. The molecule has 1 aromatic heterocycles. The molecule has 1 rings (SSSR count). The highest BCUT2D eigenvalue weighted by Crippen LogP contribution is 2.14. The molecule has 0 spiro atoms. The molecule has 0 fully saturated rings. The van der Waals surface area contributed by atoms with Crippen molar-refractivity contribution in [2.24, 2.45) is 0 Å². The maximum Gasteiger partial charge on any atom is 0.259 e. The number of nitrogens with one attached hydrogen (secondary N) is 1. The zero-order chi connectivity index (χ0) is 11.4. The van der Waals surface area contributed by atoms with Crippen LogP contribution in [0.2, 0.25) is 0 Å². The van der Waals surface area contributed by atoms with Gasteiger partial charge in [0.2, 0.25) is 0 Å². The third kappa shape index (κ3) is 2.65. The number of hydrogen-bond donors (Lipinski definition) is 2. The minimum atomic E-state index is -0.0761. The Hall–Kier alpha value is -1.17. The molecule has 0 radical (unpaired) electrons. The lowest BCUT2D eigenvalue weighted by molar-refractivity contribution is 0.0804. The van der Waals surface area contributed by atoms with E-state index in [0.717, 1.165) is 5.75 Å². The Bertz CT molecular complexity index is 330. The maximum atomic E-state index is 11.9. The number of H-pyrrole nitrogens is 1. The van der Waals surface area contributed by atoms with Crippen molar-refractivity contribution in [3.8, 4) is 0 Å². The second-order valence-corrected chi connectivity index (χ2v) is 4.31. The Morgan fingerprint density at radius 2 is 2.33 bits per heavy atom. The first kappa shape index (κ1) is 11.9. The summed E-state index contributed by atoms with van der Waals surface area (Å²) in [5.74, 6) is 1.11. The molecule has 0 unspecified atom stereocenters. The van der Waals surface area contributed by atoms with Gasteiger partial charge in [0.1, 0.15) is 5.56 Å². The Labute approximate surface area is 93.4 Å². The van der Waals surface area contributed by atoms with Crippen LogP contribution >= 0.6 is 11.8 Å². The van der Waals surface area contributed by atoms with Gasteiger partial charge in [-0.2, -0.15) is 16.9 Å². The molecule has 1 amide bonds. The zero-order valence-corrected chi connectivity index (χ0v) is 10.0. The molecule has 0 aliphatic carbocycles. The number of hydrogen-bond acceptors (Lipinski definition) is 4. The summed E-state index contributed by atoms with van der Waals surface area (Å²) in [6, 6.07) is 0. The van der Waals surface area contributed by atoms with Gasteiger partial charge in [-0.3, -0.25) is 9.89 Å². The summed E-state index contributed by atoms with van der Waals surface area (Å²) in [5.41, 5.74) is 6.81. The third-order valence-corrected chi connectivity index (χ3v) is 2.76. The number of nitrogen functional groups attached to an aromatic ring is 1. The number of carbonyl (C=O) groups is 1. The summed E-state index contributed by atoms with van der Waals surface area (Å²) >= 11 is 1.70. The van der Waals surface area contributed by atoms with Gasteiger partial charge >= 0.3 is 0 Å². The van der Waals surface area contributed by atoms with Crippen LogP contribution in [0, 0.1) is 6.92 Å². The first-order valence-corrected chi connectivity index (χ1v) is 6.02. The highest BCUT2D eigenvalue weighted by atomic mass is 32.2. The van der Waals surface area contributed by atoms with E-state index in [9.17, 15) is 4.79 Å². The predicted octanol–water partition coefficient (Wildman–Crippen LogP) is 0.735. The highest BCUT2D eigenvalue weighted by molar-refractivity contribution is 7.98. The van der Waals surface area contributed by atoms with Crippen LogP contribution in [0.1, 0.15) is 16.1 Å². The van der Waals surface area contributed by atoms with Crippen LogP contribution in [-0.2, 0) is 0 Å². The van der Waals surface area contributed by atoms with Gasteiger partial charge in [-0.15, -0.1) is 0 Å². The van der Waals surface area contributed by atoms with Gasteiger partial charge in [-0.25, -0.2) is 0 Å². The fourth-order valence-electron chi connectivity index (χ4n) is 1.24. The summed E-state index contributed by atoms with van der Waals surface area (Å²) < 4.78 is 0. The van der Waals surface area contributed by atoms with Crippen molar-refractivity contribution in [2.75, 3.05) is 31.3 Å². The van der Waals surface area contributed by atoms with E-state index < -0.39 is 0 Å². The van der Waals surface area contributed by atoms with E-state index in [1.54, 1.807) is 30.6 Å². The van der Waals surface area contributed by atoms with E-state index >= 15 is 0 Å². The molecular formula is C9H16N4OS. The number of carbonyl (C=O) groups excluding carboxylic acids is 1. The van der Waals surface area contributed by atoms with Crippen LogP contribution in [0.4, 0.5) is 5.82 Å². The van der Waals surface area contributed by atoms with Gasteiger partial charge in [-0.05, 0) is 13.2 Å². The molecule has 0 atom stereocenters. The van der Waals surface area contributed by atoms with E-state index in [1.807, 2.05) is 6.26 Å². The number of nitrogens with two attached hydrogens (primary N) is 1. The minimum Gasteiger partial charge on any atom is -0.382 e. The van der Waals surface area contributed by atoms with Gasteiger partial charge in [0.25, 0.3) is 5.91 Å². The zero-order valence-electron chi connectivity index (χ0n) is 9.20. The molecule has 6 heteroatoms. The van der Waals surface area contributed by atoms with Gasteiger partial charge in [0.05, 0.1) is 0 Å². The second-order valence-electron chi connectivity index (χ2n) is 3.33. The number of aromatic nitrogens is 2. The normalized spacial score (nSPS) is 10.3. The maximum absolute atomic E-state index is 11.9. The fourth-order valence-corrected chi connectivity index (χ4v) is 1.70. The molecule has 1 aromatic rings. The highest BCUT2D eigenvalue weighted by Gasteiger charge is 2.19. The fraction of sp³-hybridized carbons (Fsp3) is 0.556. The smallest absolute Gasteiger partial charge is 0.259 e. The van der Waals surface area contributed by atoms with E-state index in [-0.39, 0.29) is 11.7 Å². The van der Waals surface area contributed by atoms with Crippen molar-refractivity contribution in [2.45, 2.75) is 6.92 Å². The van der Waals surface area contributed by atoms with Crippen LogP contribution < -0.4 is 5.73 Å². The number of nitrogens with zero attached hydrogens (tertiary/aromatic N) is 2. The molecule has 0 bridgehead atoms. The molecule has 0 aliphatic rings. The lowest BCUT2D eigenvalue weighted by atomic mass is 10.2. The summed E-state index contributed by atoms with van der Waals surface area (Å²) in [6.45, 7) is 2.50. The first-order valence-electron chi connectivity index (χ1n) is 4.62. The van der Waals surface area contributed by atoms with Crippen molar-refractivity contribution in [3.05, 3.63) is 11.3 Å². The van der Waals surface area contributed by atoms with Crippen molar-refractivity contribution in [1.29, 1.82) is 0 Å². The topological polar surface area (TPSA) is 75.0 Å². The monoisotopic (exact) mass is 228 g/mol. The van der Waals surface area contributed by atoms with Crippen molar-refractivity contribution >= 4 is 23.5 Å². The van der Waals surface area contributed by atoms with Crippen molar-refractivity contribution in [1.82, 2.24) is 15.1 Å². The van der Waals surface area contributed by atoms with Crippen molar-refractivity contribution < 1.29 is 4.79 Å². The summed E-state index contributed by atoms with van der Waals surface area (Å²) in [5, 5.41) is 6.50. The Morgan fingerprint density at radius 3 is 2.80 bits per heavy atom. The molecule has 0 saturated heterocycles. The molecule has 0 aliphatic heterocycles. The lowest BCUT2D eigenvalue weighted by Crippen LogP contribution is -2.29. The lowest BCUT2D eigenvalue weighted by Gasteiger charge is -2.16. The van der Waals surface area contributed by atoms with Crippen molar-refractivity contribution in [3.63, 3.8) is 0 Å². The molecule has 15 heavy (non-hydrogen) atoms. The standard InChI is InChI=1S/C9H16N4OS/c1-6-7(8(10)12-11-6)9(14)13(2)4-5-15-3/h4-5H2,1-3H3,(H3,10,11,12). The van der Waals surface area contributed by atoms with E-state index in [1.165, 1.54) is 0 Å². The second kappa shape index (κ2) is 5.06. The summed E-state index contributed by atoms with van der Waals surface area (Å²) in [4.78, 5) is 13.6. The van der Waals surface area contributed by atoms with Crippen LogP contribution in [-0.4, -0.2) is 46.6 Å². The van der Waals surface area contributed by atoms with E-state index in [4.69, 9.17) is 5.73 Å². The van der Waals surface area contributed by atoms with Crippen LogP contribution in [0.15, 0.2) is 0 Å². The number of anilines is 1. The summed E-state index contributed by atoms with van der Waals surface area (Å²) in [6.07, 6.45) is 2.01. The summed E-state index contributed by atoms with van der Waals surface area (Å²) in [7, 11) is 1.77. The molecule has 0 saturated carbocycles. The first-order chi connectivity index (χ1) is 7.07. The van der Waals surface area contributed by atoms with Crippen LogP contribution in [0.3, 0.4) is 0 Å². The Kier molecular flexibility index (Phi) is 4.02. The molecule has 84 valence electrons. The van der Waals surface area contributed by atoms with Gasteiger partial charge in [0, 0.05) is 25.0 Å². The number of aryl methyl sites for hydroxylation is 1.